The number of anilines is 1. The lowest BCUT2D eigenvalue weighted by molar-refractivity contribution is -0.132. The van der Waals surface area contributed by atoms with Gasteiger partial charge in [0.05, 0.1) is 5.57 Å². The third-order valence-electron chi connectivity index (χ3n) is 2.17. The fourth-order valence-electron chi connectivity index (χ4n) is 1.36. The Morgan fingerprint density at radius 3 is 2.88 bits per heavy atom. The highest BCUT2D eigenvalue weighted by molar-refractivity contribution is 5.89. The van der Waals surface area contributed by atoms with Crippen LogP contribution in [-0.2, 0) is 11.3 Å². The van der Waals surface area contributed by atoms with Gasteiger partial charge in [0.25, 0.3) is 0 Å². The fraction of sp³-hybridized carbons (Fsp3) is 0.154. The molecule has 0 aromatic heterocycles. The van der Waals surface area contributed by atoms with E-state index in [0.717, 1.165) is 11.3 Å². The minimum absolute atomic E-state index is 0.0463. The molecule has 0 aliphatic heterocycles. The van der Waals surface area contributed by atoms with Gasteiger partial charge in [-0.25, -0.2) is 4.79 Å². The lowest BCUT2D eigenvalue weighted by Gasteiger charge is -2.08. The highest BCUT2D eigenvalue weighted by Crippen LogP contribution is 2.13. The van der Waals surface area contributed by atoms with Crippen molar-refractivity contribution in [1.29, 1.82) is 0 Å². The van der Waals surface area contributed by atoms with Crippen molar-refractivity contribution in [2.45, 2.75) is 13.5 Å². The third kappa shape index (κ3) is 4.12. The first kappa shape index (κ1) is 13.0. The van der Waals surface area contributed by atoms with Gasteiger partial charge in [-0.3, -0.25) is 0 Å². The quantitative estimate of drug-likeness (QED) is 0.537. The zero-order valence-corrected chi connectivity index (χ0v) is 9.73. The molecule has 0 atom stereocenters. The summed E-state index contributed by atoms with van der Waals surface area (Å²) in [6, 6.07) is 7.63. The maximum atomic E-state index is 10.6. The van der Waals surface area contributed by atoms with Gasteiger partial charge < -0.3 is 16.2 Å². The molecule has 1 aromatic carbocycles. The van der Waals surface area contributed by atoms with Gasteiger partial charge in [0.1, 0.15) is 0 Å². The van der Waals surface area contributed by atoms with Crippen molar-refractivity contribution in [3.63, 3.8) is 0 Å². The first-order chi connectivity index (χ1) is 8.02. The fourth-order valence-corrected chi connectivity index (χ4v) is 1.36. The molecule has 4 heteroatoms. The Balaban J connectivity index is 2.77. The largest absolute Gasteiger partial charge is 0.478 e. The second-order valence-corrected chi connectivity index (χ2v) is 3.69. The van der Waals surface area contributed by atoms with E-state index in [1.807, 2.05) is 24.3 Å². The van der Waals surface area contributed by atoms with E-state index in [1.54, 1.807) is 6.92 Å². The summed E-state index contributed by atoms with van der Waals surface area (Å²) in [4.78, 5) is 10.6. The van der Waals surface area contributed by atoms with E-state index in [-0.39, 0.29) is 5.57 Å². The summed E-state index contributed by atoms with van der Waals surface area (Å²) in [6.45, 7) is 5.69. The number of aliphatic carboxylic acids is 1. The molecule has 4 N–H and O–H groups in total. The highest BCUT2D eigenvalue weighted by atomic mass is 16.4. The normalized spacial score (nSPS) is 11.1. The number of benzene rings is 1. The number of carbonyl (C=O) groups is 1. The van der Waals surface area contributed by atoms with E-state index in [0.29, 0.717) is 12.2 Å². The van der Waals surface area contributed by atoms with Gasteiger partial charge in [-0.1, -0.05) is 18.7 Å². The summed E-state index contributed by atoms with van der Waals surface area (Å²) >= 11 is 0. The van der Waals surface area contributed by atoms with Crippen LogP contribution in [-0.4, -0.2) is 11.1 Å². The molecule has 1 rings (SSSR count). The van der Waals surface area contributed by atoms with Gasteiger partial charge in [0.15, 0.2) is 0 Å². The van der Waals surface area contributed by atoms with Crippen LogP contribution in [0.3, 0.4) is 0 Å². The average molecular weight is 232 g/mol. The van der Waals surface area contributed by atoms with E-state index in [4.69, 9.17) is 10.8 Å². The molecular formula is C13H16N2O2. The number of nitrogens with one attached hydrogen (secondary N) is 1. The third-order valence-corrected chi connectivity index (χ3v) is 2.17. The molecule has 0 heterocycles. The van der Waals surface area contributed by atoms with Crippen LogP contribution in [0.25, 0.3) is 0 Å². The van der Waals surface area contributed by atoms with Crippen molar-refractivity contribution in [2.75, 3.05) is 5.32 Å². The van der Waals surface area contributed by atoms with E-state index in [2.05, 4.69) is 11.9 Å². The molecule has 17 heavy (non-hydrogen) atoms. The summed E-state index contributed by atoms with van der Waals surface area (Å²) < 4.78 is 0. The lowest BCUT2D eigenvalue weighted by atomic mass is 10.2. The molecule has 0 radical (unpaired) electrons. The van der Waals surface area contributed by atoms with Crippen LogP contribution >= 0.6 is 0 Å². The summed E-state index contributed by atoms with van der Waals surface area (Å²) in [5.74, 6) is -1.03. The van der Waals surface area contributed by atoms with Crippen molar-refractivity contribution in [2.24, 2.45) is 5.73 Å². The molecule has 0 bridgehead atoms. The second kappa shape index (κ2) is 5.86. The average Bonchev–Trinajstić information content (AvgIpc) is 2.28. The Morgan fingerprint density at radius 2 is 2.29 bits per heavy atom. The molecule has 4 nitrogen and oxygen atoms in total. The smallest absolute Gasteiger partial charge is 0.335 e. The number of rotatable bonds is 5. The molecule has 0 spiro atoms. The monoisotopic (exact) mass is 232 g/mol. The Labute approximate surface area is 100 Å². The minimum Gasteiger partial charge on any atom is -0.478 e. The molecular weight excluding hydrogens is 216 g/mol. The number of nitrogens with two attached hydrogens (primary N) is 1. The van der Waals surface area contributed by atoms with E-state index in [9.17, 15) is 4.79 Å². The van der Waals surface area contributed by atoms with Gasteiger partial charge in [0.2, 0.25) is 0 Å². The van der Waals surface area contributed by atoms with E-state index >= 15 is 0 Å². The molecule has 0 aliphatic rings. The maximum absolute atomic E-state index is 10.6. The predicted molar refractivity (Wildman–Crippen MR) is 68.5 cm³/mol. The molecule has 1 aromatic rings. The van der Waals surface area contributed by atoms with Crippen molar-refractivity contribution >= 4 is 11.7 Å². The zero-order valence-electron chi connectivity index (χ0n) is 9.73. The Hall–Kier alpha value is -2.07. The van der Waals surface area contributed by atoms with Crippen molar-refractivity contribution in [3.8, 4) is 0 Å². The van der Waals surface area contributed by atoms with Crippen LogP contribution in [0.2, 0.25) is 0 Å². The topological polar surface area (TPSA) is 75.3 Å². The number of carboxylic acid groups (broad SMARTS) is 1. The Kier molecular flexibility index (Phi) is 4.48. The standard InChI is InChI=1S/C13H16N2O2/c1-9(13(16)17)6-10(2)15-12-5-3-4-11(7-12)8-14/h3-7,15H,1,8,14H2,2H3,(H,16,17)/b10-6-. The van der Waals surface area contributed by atoms with Gasteiger partial charge in [-0.2, -0.15) is 0 Å². The van der Waals surface area contributed by atoms with Crippen LogP contribution in [0.15, 0.2) is 48.2 Å². The Morgan fingerprint density at radius 1 is 1.59 bits per heavy atom. The van der Waals surface area contributed by atoms with Crippen LogP contribution in [0, 0.1) is 0 Å². The van der Waals surface area contributed by atoms with Crippen LogP contribution in [0.5, 0.6) is 0 Å². The van der Waals surface area contributed by atoms with E-state index < -0.39 is 5.97 Å². The minimum atomic E-state index is -1.03. The molecule has 0 unspecified atom stereocenters. The van der Waals surface area contributed by atoms with Crippen LogP contribution < -0.4 is 11.1 Å². The van der Waals surface area contributed by atoms with Crippen molar-refractivity contribution < 1.29 is 9.90 Å². The summed E-state index contributed by atoms with van der Waals surface area (Å²) in [5, 5.41) is 11.8. The second-order valence-electron chi connectivity index (χ2n) is 3.69. The molecule has 90 valence electrons. The Bertz CT molecular complexity index is 464. The van der Waals surface area contributed by atoms with Gasteiger partial charge in [-0.15, -0.1) is 0 Å². The number of allylic oxidation sites excluding steroid dienone is 1. The number of hydrogen-bond acceptors (Lipinski definition) is 3. The molecule has 0 fully saturated rings. The van der Waals surface area contributed by atoms with Crippen LogP contribution in [0.4, 0.5) is 5.69 Å². The summed E-state index contributed by atoms with van der Waals surface area (Å²) in [7, 11) is 0. The summed E-state index contributed by atoms with van der Waals surface area (Å²) in [5.41, 5.74) is 8.19. The molecule has 0 aliphatic carbocycles. The molecule has 0 saturated heterocycles. The highest BCUT2D eigenvalue weighted by Gasteiger charge is 2.01. The van der Waals surface area contributed by atoms with Crippen molar-refractivity contribution in [3.05, 3.63) is 53.8 Å². The predicted octanol–water partition coefficient (Wildman–Crippen LogP) is 2.10. The molecule has 0 saturated carbocycles. The van der Waals surface area contributed by atoms with E-state index in [1.165, 1.54) is 6.08 Å². The number of hydrogen-bond donors (Lipinski definition) is 3. The van der Waals surface area contributed by atoms with Gasteiger partial charge in [0, 0.05) is 17.9 Å². The first-order valence-corrected chi connectivity index (χ1v) is 5.19. The lowest BCUT2D eigenvalue weighted by Crippen LogP contribution is -2.02. The van der Waals surface area contributed by atoms with Gasteiger partial charge in [-0.05, 0) is 30.7 Å². The van der Waals surface area contributed by atoms with Gasteiger partial charge >= 0.3 is 5.97 Å². The first-order valence-electron chi connectivity index (χ1n) is 5.19. The number of carboxylic acids is 1. The zero-order chi connectivity index (χ0) is 12.8. The maximum Gasteiger partial charge on any atom is 0.335 e. The SMILES string of the molecule is C=C(/C=C(/C)Nc1cccc(CN)c1)C(=O)O. The summed E-state index contributed by atoms with van der Waals surface area (Å²) in [6.07, 6.45) is 1.48. The van der Waals surface area contributed by atoms with Crippen molar-refractivity contribution in [1.82, 2.24) is 0 Å². The van der Waals surface area contributed by atoms with Crippen LogP contribution in [0.1, 0.15) is 12.5 Å². The molecule has 0 amide bonds.